The minimum atomic E-state index is -0.587. The molecule has 1 fully saturated rings. The summed E-state index contributed by atoms with van der Waals surface area (Å²) in [4.78, 5) is 12.4. The number of benzene rings is 1. The Morgan fingerprint density at radius 1 is 1.18 bits per heavy atom. The molecule has 0 saturated heterocycles. The summed E-state index contributed by atoms with van der Waals surface area (Å²) in [5.74, 6) is 0.621. The minimum Gasteiger partial charge on any atom is -0.456 e. The Bertz CT molecular complexity index is 508. The molecule has 1 N–H and O–H groups in total. The van der Waals surface area contributed by atoms with E-state index >= 15 is 0 Å². The second-order valence-electron chi connectivity index (χ2n) is 7.55. The molecular formula is C19H28O3. The maximum absolute atomic E-state index is 12.4. The van der Waals surface area contributed by atoms with Gasteiger partial charge in [-0.3, -0.25) is 0 Å². The molecule has 0 radical (unpaired) electrons. The van der Waals surface area contributed by atoms with Crippen molar-refractivity contribution in [2.45, 2.75) is 65.1 Å². The van der Waals surface area contributed by atoms with Crippen LogP contribution >= 0.6 is 0 Å². The lowest BCUT2D eigenvalue weighted by Gasteiger charge is -2.31. The molecule has 2 rings (SSSR count). The van der Waals surface area contributed by atoms with Crippen LogP contribution in [0.3, 0.4) is 0 Å². The molecule has 0 amide bonds. The lowest BCUT2D eigenvalue weighted by atomic mass is 9.78. The van der Waals surface area contributed by atoms with Crippen molar-refractivity contribution in [2.24, 2.45) is 11.8 Å². The topological polar surface area (TPSA) is 46.5 Å². The van der Waals surface area contributed by atoms with Crippen molar-refractivity contribution in [3.8, 4) is 0 Å². The van der Waals surface area contributed by atoms with E-state index in [0.29, 0.717) is 11.1 Å². The van der Waals surface area contributed by atoms with Crippen molar-refractivity contribution in [3.63, 3.8) is 0 Å². The predicted octanol–water partition coefficient (Wildman–Crippen LogP) is 4.50. The van der Waals surface area contributed by atoms with E-state index in [2.05, 4.69) is 6.92 Å². The van der Waals surface area contributed by atoms with Gasteiger partial charge in [0, 0.05) is 0 Å². The summed E-state index contributed by atoms with van der Waals surface area (Å²) in [6.07, 6.45) is 3.75. The maximum atomic E-state index is 12.4. The average Bonchev–Trinajstić information content (AvgIpc) is 2.45. The van der Waals surface area contributed by atoms with Crippen LogP contribution in [0.4, 0.5) is 0 Å². The van der Waals surface area contributed by atoms with Crippen molar-refractivity contribution in [2.75, 3.05) is 0 Å². The molecule has 1 aliphatic carbocycles. The van der Waals surface area contributed by atoms with E-state index in [1.165, 1.54) is 0 Å². The number of aliphatic hydroxyl groups is 1. The number of hydrogen-bond acceptors (Lipinski definition) is 3. The Morgan fingerprint density at radius 3 is 2.36 bits per heavy atom. The van der Waals surface area contributed by atoms with Gasteiger partial charge in [0.2, 0.25) is 0 Å². The first-order valence-corrected chi connectivity index (χ1v) is 8.28. The van der Waals surface area contributed by atoms with Gasteiger partial charge in [0.1, 0.15) is 5.60 Å². The Balaban J connectivity index is 2.19. The molecule has 122 valence electrons. The number of hydrogen-bond donors (Lipinski definition) is 1. The minimum absolute atomic E-state index is 0.236. The van der Waals surface area contributed by atoms with Crippen LogP contribution in [0.5, 0.6) is 0 Å². The van der Waals surface area contributed by atoms with Gasteiger partial charge in [0.05, 0.1) is 11.7 Å². The smallest absolute Gasteiger partial charge is 0.339 e. The van der Waals surface area contributed by atoms with Gasteiger partial charge in [-0.1, -0.05) is 38.0 Å². The fraction of sp³-hybridized carbons (Fsp3) is 0.632. The van der Waals surface area contributed by atoms with Crippen molar-refractivity contribution in [1.82, 2.24) is 0 Å². The second kappa shape index (κ2) is 6.82. The molecule has 1 aromatic rings. The van der Waals surface area contributed by atoms with E-state index in [-0.39, 0.29) is 11.9 Å². The molecule has 3 nitrogen and oxygen atoms in total. The summed E-state index contributed by atoms with van der Waals surface area (Å²) in [5.41, 5.74) is 0.662. The number of aliphatic hydroxyl groups excluding tert-OH is 1. The second-order valence-corrected chi connectivity index (χ2v) is 7.55. The first kappa shape index (κ1) is 17.0. The van der Waals surface area contributed by atoms with Crippen LogP contribution in [0.2, 0.25) is 0 Å². The van der Waals surface area contributed by atoms with Crippen LogP contribution in [-0.2, 0) is 4.74 Å². The van der Waals surface area contributed by atoms with E-state index in [1.54, 1.807) is 6.07 Å². The predicted molar refractivity (Wildman–Crippen MR) is 87.7 cm³/mol. The molecule has 0 aliphatic heterocycles. The van der Waals surface area contributed by atoms with Crippen LogP contribution < -0.4 is 0 Å². The zero-order valence-electron chi connectivity index (χ0n) is 14.1. The molecule has 1 unspecified atom stereocenters. The molecule has 0 bridgehead atoms. The van der Waals surface area contributed by atoms with Gasteiger partial charge in [-0.05, 0) is 57.1 Å². The Hall–Kier alpha value is -1.35. The third-order valence-electron chi connectivity index (χ3n) is 4.41. The number of esters is 1. The highest BCUT2D eigenvalue weighted by molar-refractivity contribution is 5.91. The van der Waals surface area contributed by atoms with Crippen LogP contribution in [0.1, 0.15) is 75.4 Å². The molecule has 1 aromatic carbocycles. The highest BCUT2D eigenvalue weighted by Crippen LogP contribution is 2.37. The van der Waals surface area contributed by atoms with E-state index < -0.39 is 11.7 Å². The van der Waals surface area contributed by atoms with Gasteiger partial charge in [-0.2, -0.15) is 0 Å². The van der Waals surface area contributed by atoms with E-state index in [4.69, 9.17) is 4.74 Å². The van der Waals surface area contributed by atoms with Crippen molar-refractivity contribution in [3.05, 3.63) is 35.4 Å². The number of ether oxygens (including phenoxy) is 1. The van der Waals surface area contributed by atoms with Crippen molar-refractivity contribution in [1.29, 1.82) is 0 Å². The van der Waals surface area contributed by atoms with Gasteiger partial charge >= 0.3 is 5.97 Å². The quantitative estimate of drug-likeness (QED) is 0.836. The zero-order chi connectivity index (χ0) is 16.3. The summed E-state index contributed by atoms with van der Waals surface area (Å²) in [5, 5.41) is 10.8. The Morgan fingerprint density at radius 2 is 1.77 bits per heavy atom. The van der Waals surface area contributed by atoms with Gasteiger partial charge < -0.3 is 9.84 Å². The highest BCUT2D eigenvalue weighted by Gasteiger charge is 2.29. The zero-order valence-corrected chi connectivity index (χ0v) is 14.1. The fourth-order valence-electron chi connectivity index (χ4n) is 3.13. The molecular weight excluding hydrogens is 276 g/mol. The molecule has 1 atom stereocenters. The van der Waals surface area contributed by atoms with Crippen molar-refractivity contribution >= 4 is 5.97 Å². The summed E-state index contributed by atoms with van der Waals surface area (Å²) >= 11 is 0. The molecule has 1 aliphatic rings. The maximum Gasteiger partial charge on any atom is 0.339 e. The van der Waals surface area contributed by atoms with Crippen LogP contribution in [0.15, 0.2) is 24.3 Å². The van der Waals surface area contributed by atoms with Crippen LogP contribution in [0, 0.1) is 11.8 Å². The van der Waals surface area contributed by atoms with E-state index in [0.717, 1.165) is 31.6 Å². The van der Waals surface area contributed by atoms with E-state index in [9.17, 15) is 9.90 Å². The van der Waals surface area contributed by atoms with E-state index in [1.807, 2.05) is 39.0 Å². The van der Waals surface area contributed by atoms with Crippen molar-refractivity contribution < 1.29 is 14.6 Å². The molecule has 22 heavy (non-hydrogen) atoms. The number of rotatable bonds is 3. The summed E-state index contributed by atoms with van der Waals surface area (Å²) in [6.45, 7) is 7.82. The molecule has 0 heterocycles. The number of carbonyl (C=O) groups excluding carboxylic acids is 1. The van der Waals surface area contributed by atoms with Gasteiger partial charge in [0.25, 0.3) is 0 Å². The van der Waals surface area contributed by atoms with Gasteiger partial charge in [-0.25, -0.2) is 4.79 Å². The van der Waals surface area contributed by atoms with Gasteiger partial charge in [0.15, 0.2) is 0 Å². The largest absolute Gasteiger partial charge is 0.456 e. The molecule has 3 heteroatoms. The SMILES string of the molecule is CC1CCC(C(O)c2ccccc2C(=O)OC(C)(C)C)CC1. The lowest BCUT2D eigenvalue weighted by Crippen LogP contribution is -2.26. The highest BCUT2D eigenvalue weighted by atomic mass is 16.6. The fourth-order valence-corrected chi connectivity index (χ4v) is 3.13. The first-order chi connectivity index (χ1) is 10.3. The van der Waals surface area contributed by atoms with Gasteiger partial charge in [-0.15, -0.1) is 0 Å². The van der Waals surface area contributed by atoms with Crippen LogP contribution in [0.25, 0.3) is 0 Å². The lowest BCUT2D eigenvalue weighted by molar-refractivity contribution is 0.00581. The average molecular weight is 304 g/mol. The summed E-state index contributed by atoms with van der Waals surface area (Å²) in [7, 11) is 0. The monoisotopic (exact) mass is 304 g/mol. The standard InChI is InChI=1S/C19H28O3/c1-13-9-11-14(12-10-13)17(20)15-7-5-6-8-16(15)18(21)22-19(2,3)4/h5-8,13-14,17,20H,9-12H2,1-4H3. The third kappa shape index (κ3) is 4.33. The molecule has 0 spiro atoms. The normalized spacial score (nSPS) is 23.9. The third-order valence-corrected chi connectivity index (χ3v) is 4.41. The molecule has 1 saturated carbocycles. The van der Waals surface area contributed by atoms with Crippen LogP contribution in [-0.4, -0.2) is 16.7 Å². The summed E-state index contributed by atoms with van der Waals surface area (Å²) in [6, 6.07) is 7.29. The Kier molecular flexibility index (Phi) is 5.28. The summed E-state index contributed by atoms with van der Waals surface area (Å²) < 4.78 is 5.47. The Labute approximate surface area is 133 Å². The number of carbonyl (C=O) groups is 1. The molecule has 0 aromatic heterocycles. The first-order valence-electron chi connectivity index (χ1n) is 8.28.